The van der Waals surface area contributed by atoms with E-state index in [0.717, 1.165) is 10.9 Å². The normalized spacial score (nSPS) is 13.1. The van der Waals surface area contributed by atoms with Crippen LogP contribution in [0.15, 0.2) is 24.3 Å². The van der Waals surface area contributed by atoms with Gasteiger partial charge in [0.05, 0.1) is 0 Å². The van der Waals surface area contributed by atoms with E-state index in [1.54, 1.807) is 0 Å². The SMILES string of the molecule is CNC(CCCC(C)C)c1cccc(Cl)c1. The van der Waals surface area contributed by atoms with E-state index in [2.05, 4.69) is 31.3 Å². The molecule has 0 aliphatic heterocycles. The summed E-state index contributed by atoms with van der Waals surface area (Å²) in [5.74, 6) is 0.789. The lowest BCUT2D eigenvalue weighted by molar-refractivity contribution is 0.470. The van der Waals surface area contributed by atoms with Gasteiger partial charge in [-0.2, -0.15) is 0 Å². The highest BCUT2D eigenvalue weighted by molar-refractivity contribution is 6.30. The van der Waals surface area contributed by atoms with E-state index < -0.39 is 0 Å². The molecule has 1 aromatic rings. The topological polar surface area (TPSA) is 12.0 Å². The molecule has 0 aliphatic carbocycles. The number of nitrogens with one attached hydrogen (secondary N) is 1. The Bertz CT molecular complexity index is 309. The minimum absolute atomic E-state index is 0.428. The molecule has 0 bridgehead atoms. The van der Waals surface area contributed by atoms with E-state index in [-0.39, 0.29) is 0 Å². The van der Waals surface area contributed by atoms with Gasteiger partial charge in [-0.15, -0.1) is 0 Å². The highest BCUT2D eigenvalue weighted by atomic mass is 35.5. The van der Waals surface area contributed by atoms with E-state index in [4.69, 9.17) is 11.6 Å². The van der Waals surface area contributed by atoms with Crippen LogP contribution in [0.5, 0.6) is 0 Å². The highest BCUT2D eigenvalue weighted by Gasteiger charge is 2.09. The average molecular weight is 240 g/mol. The van der Waals surface area contributed by atoms with E-state index in [1.165, 1.54) is 24.8 Å². The molecule has 1 N–H and O–H groups in total. The van der Waals surface area contributed by atoms with Crippen molar-refractivity contribution in [3.63, 3.8) is 0 Å². The van der Waals surface area contributed by atoms with Crippen LogP contribution in [0.25, 0.3) is 0 Å². The van der Waals surface area contributed by atoms with Gasteiger partial charge >= 0.3 is 0 Å². The fourth-order valence-corrected chi connectivity index (χ4v) is 2.13. The maximum absolute atomic E-state index is 6.00. The molecule has 16 heavy (non-hydrogen) atoms. The van der Waals surface area contributed by atoms with Crippen molar-refractivity contribution in [2.24, 2.45) is 5.92 Å². The summed E-state index contributed by atoms with van der Waals surface area (Å²) in [4.78, 5) is 0. The lowest BCUT2D eigenvalue weighted by Gasteiger charge is -2.17. The van der Waals surface area contributed by atoms with Gasteiger partial charge < -0.3 is 5.32 Å². The van der Waals surface area contributed by atoms with E-state index in [0.29, 0.717) is 6.04 Å². The van der Waals surface area contributed by atoms with Crippen molar-refractivity contribution in [2.75, 3.05) is 7.05 Å². The maximum Gasteiger partial charge on any atom is 0.0409 e. The molecule has 2 heteroatoms. The molecule has 90 valence electrons. The van der Waals surface area contributed by atoms with Crippen LogP contribution in [0.4, 0.5) is 0 Å². The second-order valence-electron chi connectivity index (χ2n) is 4.72. The summed E-state index contributed by atoms with van der Waals surface area (Å²) >= 11 is 6.00. The molecular weight excluding hydrogens is 218 g/mol. The summed E-state index contributed by atoms with van der Waals surface area (Å²) < 4.78 is 0. The van der Waals surface area contributed by atoms with Gasteiger partial charge in [-0.25, -0.2) is 0 Å². The molecule has 0 fully saturated rings. The van der Waals surface area contributed by atoms with Gasteiger partial charge in [0.2, 0.25) is 0 Å². The lowest BCUT2D eigenvalue weighted by atomic mass is 9.98. The summed E-state index contributed by atoms with van der Waals surface area (Å²) in [6, 6.07) is 8.56. The fraction of sp³-hybridized carbons (Fsp3) is 0.571. The molecule has 0 amide bonds. The van der Waals surface area contributed by atoms with Crippen molar-refractivity contribution in [1.29, 1.82) is 0 Å². The van der Waals surface area contributed by atoms with Crippen molar-refractivity contribution in [3.8, 4) is 0 Å². The van der Waals surface area contributed by atoms with Crippen molar-refractivity contribution in [3.05, 3.63) is 34.9 Å². The Morgan fingerprint density at radius 3 is 2.56 bits per heavy atom. The number of hydrogen-bond acceptors (Lipinski definition) is 1. The number of benzene rings is 1. The van der Waals surface area contributed by atoms with E-state index >= 15 is 0 Å². The average Bonchev–Trinajstić information content (AvgIpc) is 2.24. The first-order valence-corrected chi connectivity index (χ1v) is 6.44. The molecule has 1 atom stereocenters. The number of rotatable bonds is 6. The Labute approximate surface area is 104 Å². The van der Waals surface area contributed by atoms with Crippen LogP contribution in [0.3, 0.4) is 0 Å². The van der Waals surface area contributed by atoms with Gasteiger partial charge in [0.15, 0.2) is 0 Å². The second kappa shape index (κ2) is 6.93. The molecular formula is C14H22ClN. The third-order valence-corrected chi connectivity index (χ3v) is 3.11. The van der Waals surface area contributed by atoms with Crippen molar-refractivity contribution >= 4 is 11.6 Å². The first-order valence-electron chi connectivity index (χ1n) is 6.06. The zero-order valence-corrected chi connectivity index (χ0v) is 11.2. The molecule has 1 rings (SSSR count). The van der Waals surface area contributed by atoms with Crippen LogP contribution >= 0.6 is 11.6 Å². The molecule has 0 radical (unpaired) electrons. The number of hydrogen-bond donors (Lipinski definition) is 1. The van der Waals surface area contributed by atoms with Crippen LogP contribution < -0.4 is 5.32 Å². The minimum Gasteiger partial charge on any atom is -0.313 e. The van der Waals surface area contributed by atoms with Crippen molar-refractivity contribution in [1.82, 2.24) is 5.32 Å². The molecule has 0 aromatic heterocycles. The Morgan fingerprint density at radius 2 is 2.00 bits per heavy atom. The highest BCUT2D eigenvalue weighted by Crippen LogP contribution is 2.22. The van der Waals surface area contributed by atoms with Gasteiger partial charge in [0.25, 0.3) is 0 Å². The zero-order chi connectivity index (χ0) is 12.0. The second-order valence-corrected chi connectivity index (χ2v) is 5.16. The predicted octanol–water partition coefficient (Wildman–Crippen LogP) is 4.43. The van der Waals surface area contributed by atoms with Crippen LogP contribution in [0.2, 0.25) is 5.02 Å². The zero-order valence-electron chi connectivity index (χ0n) is 10.5. The third-order valence-electron chi connectivity index (χ3n) is 2.87. The van der Waals surface area contributed by atoms with Crippen molar-refractivity contribution in [2.45, 2.75) is 39.2 Å². The van der Waals surface area contributed by atoms with Crippen LogP contribution in [0.1, 0.15) is 44.7 Å². The molecule has 0 heterocycles. The van der Waals surface area contributed by atoms with Gasteiger partial charge in [0.1, 0.15) is 0 Å². The van der Waals surface area contributed by atoms with E-state index in [9.17, 15) is 0 Å². The first-order chi connectivity index (χ1) is 7.63. The first kappa shape index (κ1) is 13.5. The summed E-state index contributed by atoms with van der Waals surface area (Å²) in [5.41, 5.74) is 1.29. The summed E-state index contributed by atoms with van der Waals surface area (Å²) in [7, 11) is 2.01. The molecule has 0 spiro atoms. The van der Waals surface area contributed by atoms with Gasteiger partial charge in [-0.05, 0) is 37.1 Å². The standard InChI is InChI=1S/C14H22ClN/c1-11(2)6-4-9-14(16-3)12-7-5-8-13(15)10-12/h5,7-8,10-11,14,16H,4,6,9H2,1-3H3. The fourth-order valence-electron chi connectivity index (χ4n) is 1.93. The van der Waals surface area contributed by atoms with Crippen LogP contribution in [-0.2, 0) is 0 Å². The van der Waals surface area contributed by atoms with Crippen molar-refractivity contribution < 1.29 is 0 Å². The smallest absolute Gasteiger partial charge is 0.0409 e. The Balaban J connectivity index is 2.53. The monoisotopic (exact) mass is 239 g/mol. The number of halogens is 1. The summed E-state index contributed by atoms with van der Waals surface area (Å²) in [6.45, 7) is 4.54. The van der Waals surface area contributed by atoms with Gasteiger partial charge in [-0.1, -0.05) is 50.4 Å². The Morgan fingerprint density at radius 1 is 1.25 bits per heavy atom. The predicted molar refractivity (Wildman–Crippen MR) is 71.9 cm³/mol. The quantitative estimate of drug-likeness (QED) is 0.775. The third kappa shape index (κ3) is 4.54. The molecule has 0 saturated carbocycles. The minimum atomic E-state index is 0.428. The largest absolute Gasteiger partial charge is 0.313 e. The van der Waals surface area contributed by atoms with Gasteiger partial charge in [0, 0.05) is 11.1 Å². The maximum atomic E-state index is 6.00. The molecule has 1 aromatic carbocycles. The summed E-state index contributed by atoms with van der Waals surface area (Å²) in [5, 5.41) is 4.18. The molecule has 1 unspecified atom stereocenters. The summed E-state index contributed by atoms with van der Waals surface area (Å²) in [6.07, 6.45) is 3.73. The van der Waals surface area contributed by atoms with Crippen LogP contribution in [-0.4, -0.2) is 7.05 Å². The van der Waals surface area contributed by atoms with Gasteiger partial charge in [-0.3, -0.25) is 0 Å². The Hall–Kier alpha value is -0.530. The van der Waals surface area contributed by atoms with E-state index in [1.807, 2.05) is 19.2 Å². The molecule has 1 nitrogen and oxygen atoms in total. The Kier molecular flexibility index (Phi) is 5.86. The lowest BCUT2D eigenvalue weighted by Crippen LogP contribution is -2.16. The molecule has 0 aliphatic rings. The van der Waals surface area contributed by atoms with Crippen LogP contribution in [0, 0.1) is 5.92 Å². The molecule has 0 saturated heterocycles.